The Morgan fingerprint density at radius 2 is 1.88 bits per heavy atom. The van der Waals surface area contributed by atoms with E-state index in [0.29, 0.717) is 22.8 Å². The predicted molar refractivity (Wildman–Crippen MR) is 102 cm³/mol. The van der Waals surface area contributed by atoms with Crippen LogP contribution in [0.2, 0.25) is 0 Å². The van der Waals surface area contributed by atoms with Gasteiger partial charge in [0.2, 0.25) is 11.8 Å². The van der Waals surface area contributed by atoms with Crippen LogP contribution in [0.5, 0.6) is 0 Å². The van der Waals surface area contributed by atoms with Crippen LogP contribution in [0.15, 0.2) is 41.8 Å². The van der Waals surface area contributed by atoms with Crippen LogP contribution in [-0.2, 0) is 9.59 Å². The zero-order valence-corrected chi connectivity index (χ0v) is 15.5. The summed E-state index contributed by atoms with van der Waals surface area (Å²) in [6.45, 7) is 4.33. The highest BCUT2D eigenvalue weighted by Crippen LogP contribution is 2.23. The van der Waals surface area contributed by atoms with Gasteiger partial charge < -0.3 is 15.5 Å². The Morgan fingerprint density at radius 3 is 2.50 bits per heavy atom. The van der Waals surface area contributed by atoms with Crippen molar-refractivity contribution in [3.8, 4) is 0 Å². The van der Waals surface area contributed by atoms with Crippen LogP contribution in [-0.4, -0.2) is 35.2 Å². The molecular weight excluding hydrogens is 350 g/mol. The molecule has 1 atom stereocenters. The first kappa shape index (κ1) is 18.1. The van der Waals surface area contributed by atoms with Gasteiger partial charge in [0.25, 0.3) is 5.91 Å². The van der Waals surface area contributed by atoms with E-state index in [0.717, 1.165) is 0 Å². The highest BCUT2D eigenvalue weighted by Gasteiger charge is 2.35. The Bertz CT molecular complexity index is 817. The average molecular weight is 371 g/mol. The van der Waals surface area contributed by atoms with Gasteiger partial charge in [-0.3, -0.25) is 14.4 Å². The molecule has 0 saturated carbocycles. The fraction of sp³-hybridized carbons (Fsp3) is 0.316. The number of carbonyl (C=O) groups excluding carboxylic acids is 3. The van der Waals surface area contributed by atoms with Crippen LogP contribution in [0.1, 0.15) is 29.9 Å². The van der Waals surface area contributed by atoms with E-state index in [1.54, 1.807) is 35.2 Å². The molecule has 1 aliphatic rings. The molecule has 7 heteroatoms. The van der Waals surface area contributed by atoms with E-state index in [9.17, 15) is 14.4 Å². The number of amides is 3. The van der Waals surface area contributed by atoms with Crippen LogP contribution in [0.3, 0.4) is 0 Å². The SMILES string of the molecule is CC(C)N1CC(C(=O)Nc2cccc(NC(=O)c3cccs3)c2)CC1=O. The summed E-state index contributed by atoms with van der Waals surface area (Å²) < 4.78 is 0. The highest BCUT2D eigenvalue weighted by molar-refractivity contribution is 7.12. The van der Waals surface area contributed by atoms with Crippen molar-refractivity contribution in [2.75, 3.05) is 17.2 Å². The molecule has 2 aromatic rings. The second-order valence-corrected chi connectivity index (χ2v) is 7.49. The first-order chi connectivity index (χ1) is 12.4. The van der Waals surface area contributed by atoms with Crippen LogP contribution in [0.4, 0.5) is 11.4 Å². The van der Waals surface area contributed by atoms with Crippen molar-refractivity contribution in [3.63, 3.8) is 0 Å². The van der Waals surface area contributed by atoms with Crippen LogP contribution in [0.25, 0.3) is 0 Å². The van der Waals surface area contributed by atoms with Crippen LogP contribution in [0, 0.1) is 5.92 Å². The van der Waals surface area contributed by atoms with Crippen molar-refractivity contribution in [1.29, 1.82) is 0 Å². The summed E-state index contributed by atoms with van der Waals surface area (Å²) in [5.74, 6) is -0.702. The molecule has 1 fully saturated rings. The minimum atomic E-state index is -0.353. The molecular formula is C19H21N3O3S. The molecule has 0 aliphatic carbocycles. The number of hydrogen-bond donors (Lipinski definition) is 2. The van der Waals surface area contributed by atoms with Gasteiger partial charge in [0.05, 0.1) is 10.8 Å². The normalized spacial score (nSPS) is 16.8. The maximum atomic E-state index is 12.5. The summed E-state index contributed by atoms with van der Waals surface area (Å²) in [7, 11) is 0. The Kier molecular flexibility index (Phi) is 5.37. The number of nitrogens with zero attached hydrogens (tertiary/aromatic N) is 1. The van der Waals surface area contributed by atoms with Gasteiger partial charge in [0, 0.05) is 30.4 Å². The summed E-state index contributed by atoms with van der Waals surface area (Å²) in [5.41, 5.74) is 1.20. The van der Waals surface area contributed by atoms with Crippen LogP contribution >= 0.6 is 11.3 Å². The Morgan fingerprint density at radius 1 is 1.15 bits per heavy atom. The fourth-order valence-corrected chi connectivity index (χ4v) is 3.54. The van der Waals surface area contributed by atoms with E-state index in [4.69, 9.17) is 0 Å². The summed E-state index contributed by atoms with van der Waals surface area (Å²) in [5, 5.41) is 7.50. The smallest absolute Gasteiger partial charge is 0.265 e. The Labute approximate surface area is 156 Å². The molecule has 1 saturated heterocycles. The molecule has 3 rings (SSSR count). The van der Waals surface area contributed by atoms with Crippen molar-refractivity contribution >= 4 is 40.4 Å². The average Bonchev–Trinajstić information content (AvgIpc) is 3.24. The van der Waals surface area contributed by atoms with E-state index in [1.165, 1.54) is 11.3 Å². The maximum absolute atomic E-state index is 12.5. The van der Waals surface area contributed by atoms with Crippen molar-refractivity contribution < 1.29 is 14.4 Å². The Balaban J connectivity index is 1.63. The lowest BCUT2D eigenvalue weighted by Crippen LogP contribution is -2.33. The molecule has 1 unspecified atom stereocenters. The molecule has 1 aliphatic heterocycles. The zero-order valence-electron chi connectivity index (χ0n) is 14.7. The van der Waals surface area contributed by atoms with Gasteiger partial charge in [0.1, 0.15) is 0 Å². The van der Waals surface area contributed by atoms with Crippen molar-refractivity contribution in [1.82, 2.24) is 4.90 Å². The van der Waals surface area contributed by atoms with Gasteiger partial charge in [-0.1, -0.05) is 12.1 Å². The molecule has 1 aromatic carbocycles. The summed E-state index contributed by atoms with van der Waals surface area (Å²) in [6, 6.07) is 10.7. The first-order valence-electron chi connectivity index (χ1n) is 8.49. The number of likely N-dealkylation sites (tertiary alicyclic amines) is 1. The number of carbonyl (C=O) groups is 3. The standard InChI is InChI=1S/C19H21N3O3S/c1-12(2)22-11-13(9-17(22)23)18(24)20-14-5-3-6-15(10-14)21-19(25)16-7-4-8-26-16/h3-8,10,12-13H,9,11H2,1-2H3,(H,20,24)(H,21,25). The molecule has 26 heavy (non-hydrogen) atoms. The number of hydrogen-bond acceptors (Lipinski definition) is 4. The summed E-state index contributed by atoms with van der Waals surface area (Å²) in [6.07, 6.45) is 0.235. The zero-order chi connectivity index (χ0) is 18.7. The van der Waals surface area contributed by atoms with Crippen molar-refractivity contribution in [3.05, 3.63) is 46.7 Å². The van der Waals surface area contributed by atoms with Gasteiger partial charge in [-0.05, 0) is 43.5 Å². The molecule has 1 aromatic heterocycles. The second kappa shape index (κ2) is 7.70. The van der Waals surface area contributed by atoms with E-state index in [2.05, 4.69) is 10.6 Å². The molecule has 2 N–H and O–H groups in total. The predicted octanol–water partition coefficient (Wildman–Crippen LogP) is 3.20. The van der Waals surface area contributed by atoms with Crippen molar-refractivity contribution in [2.24, 2.45) is 5.92 Å². The van der Waals surface area contributed by atoms with Gasteiger partial charge in [-0.15, -0.1) is 11.3 Å². The molecule has 0 bridgehead atoms. The number of thiophene rings is 1. The second-order valence-electron chi connectivity index (χ2n) is 6.54. The van der Waals surface area contributed by atoms with Gasteiger partial charge in [0.15, 0.2) is 0 Å². The third kappa shape index (κ3) is 4.11. The fourth-order valence-electron chi connectivity index (χ4n) is 2.93. The lowest BCUT2D eigenvalue weighted by atomic mass is 10.1. The minimum absolute atomic E-state index is 0.0112. The number of anilines is 2. The third-order valence-electron chi connectivity index (χ3n) is 4.29. The number of benzene rings is 1. The topological polar surface area (TPSA) is 78.5 Å². The monoisotopic (exact) mass is 371 g/mol. The Hall–Kier alpha value is -2.67. The lowest BCUT2D eigenvalue weighted by Gasteiger charge is -2.20. The first-order valence-corrected chi connectivity index (χ1v) is 9.37. The maximum Gasteiger partial charge on any atom is 0.265 e. The van der Waals surface area contributed by atoms with Gasteiger partial charge in [-0.25, -0.2) is 0 Å². The molecule has 3 amide bonds. The van der Waals surface area contributed by atoms with E-state index < -0.39 is 0 Å². The number of nitrogens with one attached hydrogen (secondary N) is 2. The highest BCUT2D eigenvalue weighted by atomic mass is 32.1. The third-order valence-corrected chi connectivity index (χ3v) is 5.15. The van der Waals surface area contributed by atoms with Gasteiger partial charge >= 0.3 is 0 Å². The van der Waals surface area contributed by atoms with Crippen molar-refractivity contribution in [2.45, 2.75) is 26.3 Å². The summed E-state index contributed by atoms with van der Waals surface area (Å²) >= 11 is 1.37. The summed E-state index contributed by atoms with van der Waals surface area (Å²) in [4.78, 5) is 38.9. The van der Waals surface area contributed by atoms with E-state index >= 15 is 0 Å². The van der Waals surface area contributed by atoms with Crippen LogP contribution < -0.4 is 10.6 Å². The van der Waals surface area contributed by atoms with Gasteiger partial charge in [-0.2, -0.15) is 0 Å². The molecule has 6 nitrogen and oxygen atoms in total. The molecule has 0 spiro atoms. The quantitative estimate of drug-likeness (QED) is 0.847. The molecule has 2 heterocycles. The lowest BCUT2D eigenvalue weighted by molar-refractivity contribution is -0.129. The molecule has 0 radical (unpaired) electrons. The molecule has 136 valence electrons. The largest absolute Gasteiger partial charge is 0.339 e. The van der Waals surface area contributed by atoms with E-state index in [1.807, 2.05) is 25.3 Å². The minimum Gasteiger partial charge on any atom is -0.339 e. The number of rotatable bonds is 5. The van der Waals surface area contributed by atoms with E-state index in [-0.39, 0.29) is 36.1 Å².